The Bertz CT molecular complexity index is 581. The molecule has 0 bridgehead atoms. The zero-order chi connectivity index (χ0) is 13.9. The molecule has 0 saturated carbocycles. The molecule has 1 aliphatic rings. The molecule has 0 unspecified atom stereocenters. The molecule has 0 atom stereocenters. The van der Waals surface area contributed by atoms with Gasteiger partial charge >= 0.3 is 0 Å². The van der Waals surface area contributed by atoms with Crippen molar-refractivity contribution in [2.45, 2.75) is 39.3 Å². The molecule has 2 aromatic rings. The van der Waals surface area contributed by atoms with Gasteiger partial charge in [-0.05, 0) is 50.0 Å². The number of likely N-dealkylation sites (tertiary alicyclic amines) is 1. The van der Waals surface area contributed by atoms with Crippen molar-refractivity contribution in [1.29, 1.82) is 0 Å². The third-order valence-electron chi connectivity index (χ3n) is 4.32. The first-order valence-corrected chi connectivity index (χ1v) is 7.72. The summed E-state index contributed by atoms with van der Waals surface area (Å²) in [5.41, 5.74) is 9.52. The summed E-state index contributed by atoms with van der Waals surface area (Å²) in [6, 6.07) is 6.60. The molecule has 4 heteroatoms. The van der Waals surface area contributed by atoms with Crippen LogP contribution in [0.1, 0.15) is 31.2 Å². The molecule has 0 radical (unpaired) electrons. The largest absolute Gasteiger partial charge is 0.326 e. The average Bonchev–Trinajstić information content (AvgIpc) is 3.11. The monoisotopic (exact) mass is 272 g/mol. The first-order valence-electron chi connectivity index (χ1n) is 7.72. The van der Waals surface area contributed by atoms with Gasteiger partial charge in [-0.1, -0.05) is 13.0 Å². The lowest BCUT2D eigenvalue weighted by molar-refractivity contribution is 0.322. The molecule has 2 heterocycles. The van der Waals surface area contributed by atoms with Crippen molar-refractivity contribution in [1.82, 2.24) is 14.5 Å². The molecule has 1 fully saturated rings. The molecule has 20 heavy (non-hydrogen) atoms. The van der Waals surface area contributed by atoms with Crippen molar-refractivity contribution in [3.05, 3.63) is 29.6 Å². The van der Waals surface area contributed by atoms with Gasteiger partial charge in [0.2, 0.25) is 0 Å². The number of fused-ring (bicyclic) bond motifs is 1. The smallest absolute Gasteiger partial charge is 0.123 e. The standard InChI is InChI=1S/C16H24N4/c1-2-13-5-6-15-14(11-13)18-16(12-17)20(15)10-9-19-7-3-4-8-19/h5-6,11H,2-4,7-10,12,17H2,1H3. The molecule has 3 rings (SSSR count). The summed E-state index contributed by atoms with van der Waals surface area (Å²) in [5, 5.41) is 0. The minimum absolute atomic E-state index is 0.510. The summed E-state index contributed by atoms with van der Waals surface area (Å²) in [6.45, 7) is 7.27. The minimum atomic E-state index is 0.510. The van der Waals surface area contributed by atoms with Crippen LogP contribution in [0.3, 0.4) is 0 Å². The summed E-state index contributed by atoms with van der Waals surface area (Å²) in [5.74, 6) is 1.01. The van der Waals surface area contributed by atoms with Crippen molar-refractivity contribution >= 4 is 11.0 Å². The van der Waals surface area contributed by atoms with Crippen LogP contribution in [0.5, 0.6) is 0 Å². The Morgan fingerprint density at radius 3 is 2.70 bits per heavy atom. The Hall–Kier alpha value is -1.39. The third kappa shape index (κ3) is 2.58. The van der Waals surface area contributed by atoms with Crippen LogP contribution in [0.2, 0.25) is 0 Å². The van der Waals surface area contributed by atoms with Crippen LogP contribution in [0, 0.1) is 0 Å². The van der Waals surface area contributed by atoms with E-state index in [1.54, 1.807) is 0 Å². The maximum atomic E-state index is 5.87. The van der Waals surface area contributed by atoms with E-state index in [0.29, 0.717) is 6.54 Å². The van der Waals surface area contributed by atoms with E-state index in [4.69, 9.17) is 10.7 Å². The van der Waals surface area contributed by atoms with E-state index in [-0.39, 0.29) is 0 Å². The summed E-state index contributed by atoms with van der Waals surface area (Å²) in [6.07, 6.45) is 3.73. The van der Waals surface area contributed by atoms with Crippen LogP contribution >= 0.6 is 0 Å². The molecule has 2 N–H and O–H groups in total. The third-order valence-corrected chi connectivity index (χ3v) is 4.32. The summed E-state index contributed by atoms with van der Waals surface area (Å²) in [4.78, 5) is 7.24. The van der Waals surface area contributed by atoms with Gasteiger partial charge < -0.3 is 15.2 Å². The van der Waals surface area contributed by atoms with Crippen LogP contribution < -0.4 is 5.73 Å². The van der Waals surface area contributed by atoms with Gasteiger partial charge in [0.05, 0.1) is 17.6 Å². The highest BCUT2D eigenvalue weighted by atomic mass is 15.2. The van der Waals surface area contributed by atoms with Gasteiger partial charge in [-0.3, -0.25) is 0 Å². The highest BCUT2D eigenvalue weighted by molar-refractivity contribution is 5.77. The Balaban J connectivity index is 1.87. The first-order chi connectivity index (χ1) is 9.81. The van der Waals surface area contributed by atoms with Crippen molar-refractivity contribution in [3.63, 3.8) is 0 Å². The topological polar surface area (TPSA) is 47.1 Å². The molecule has 1 aromatic carbocycles. The number of aryl methyl sites for hydroxylation is 1. The fourth-order valence-corrected chi connectivity index (χ4v) is 3.10. The Morgan fingerprint density at radius 1 is 1.20 bits per heavy atom. The number of rotatable bonds is 5. The van der Waals surface area contributed by atoms with Crippen molar-refractivity contribution in [3.8, 4) is 0 Å². The number of nitrogens with zero attached hydrogens (tertiary/aromatic N) is 3. The molecule has 1 saturated heterocycles. The summed E-state index contributed by atoms with van der Waals surface area (Å²) < 4.78 is 2.30. The Labute approximate surface area is 120 Å². The molecule has 4 nitrogen and oxygen atoms in total. The number of imidazole rings is 1. The fraction of sp³-hybridized carbons (Fsp3) is 0.562. The Kier molecular flexibility index (Phi) is 4.03. The van der Waals surface area contributed by atoms with Gasteiger partial charge in [0, 0.05) is 13.1 Å². The van der Waals surface area contributed by atoms with Gasteiger partial charge in [-0.25, -0.2) is 4.98 Å². The molecule has 1 aliphatic heterocycles. The number of nitrogens with two attached hydrogens (primary N) is 1. The average molecular weight is 272 g/mol. The molecule has 0 amide bonds. The maximum absolute atomic E-state index is 5.87. The van der Waals surface area contributed by atoms with Gasteiger partial charge in [-0.2, -0.15) is 0 Å². The predicted molar refractivity (Wildman–Crippen MR) is 82.7 cm³/mol. The maximum Gasteiger partial charge on any atom is 0.123 e. The zero-order valence-corrected chi connectivity index (χ0v) is 12.3. The van der Waals surface area contributed by atoms with Crippen molar-refractivity contribution < 1.29 is 0 Å². The number of aromatic nitrogens is 2. The SMILES string of the molecule is CCc1ccc2c(c1)nc(CN)n2CCN1CCCC1. The van der Waals surface area contributed by atoms with Gasteiger partial charge in [0.15, 0.2) is 0 Å². The van der Waals surface area contributed by atoms with E-state index in [2.05, 4.69) is 34.6 Å². The van der Waals surface area contributed by atoms with Crippen LogP contribution in [0.15, 0.2) is 18.2 Å². The highest BCUT2D eigenvalue weighted by Crippen LogP contribution is 2.19. The van der Waals surface area contributed by atoms with Crippen molar-refractivity contribution in [2.75, 3.05) is 19.6 Å². The first kappa shape index (κ1) is 13.6. The number of benzene rings is 1. The molecule has 108 valence electrons. The van der Waals surface area contributed by atoms with E-state index in [1.165, 1.54) is 37.0 Å². The minimum Gasteiger partial charge on any atom is -0.326 e. The van der Waals surface area contributed by atoms with E-state index in [1.807, 2.05) is 0 Å². The number of hydrogen-bond acceptors (Lipinski definition) is 3. The lowest BCUT2D eigenvalue weighted by atomic mass is 10.1. The molecule has 0 spiro atoms. The zero-order valence-electron chi connectivity index (χ0n) is 12.3. The second-order valence-electron chi connectivity index (χ2n) is 5.61. The molecular formula is C16H24N4. The normalized spacial score (nSPS) is 16.3. The lowest BCUT2D eigenvalue weighted by Gasteiger charge is -2.16. The molecule has 1 aromatic heterocycles. The van der Waals surface area contributed by atoms with Crippen LogP contribution in [0.4, 0.5) is 0 Å². The quantitative estimate of drug-likeness (QED) is 0.907. The summed E-state index contributed by atoms with van der Waals surface area (Å²) >= 11 is 0. The van der Waals surface area contributed by atoms with Crippen LogP contribution in [0.25, 0.3) is 11.0 Å². The Morgan fingerprint density at radius 2 is 2.00 bits per heavy atom. The second-order valence-corrected chi connectivity index (χ2v) is 5.61. The van der Waals surface area contributed by atoms with E-state index < -0.39 is 0 Å². The molecule has 0 aliphatic carbocycles. The van der Waals surface area contributed by atoms with E-state index >= 15 is 0 Å². The summed E-state index contributed by atoms with van der Waals surface area (Å²) in [7, 11) is 0. The van der Waals surface area contributed by atoms with Gasteiger partial charge in [0.25, 0.3) is 0 Å². The van der Waals surface area contributed by atoms with Gasteiger partial charge in [-0.15, -0.1) is 0 Å². The second kappa shape index (κ2) is 5.94. The van der Waals surface area contributed by atoms with E-state index in [0.717, 1.165) is 30.9 Å². The van der Waals surface area contributed by atoms with E-state index in [9.17, 15) is 0 Å². The lowest BCUT2D eigenvalue weighted by Crippen LogP contribution is -2.25. The van der Waals surface area contributed by atoms with Crippen LogP contribution in [-0.2, 0) is 19.5 Å². The predicted octanol–water partition coefficient (Wildman–Crippen LogP) is 2.15. The fourth-order valence-electron chi connectivity index (χ4n) is 3.10. The highest BCUT2D eigenvalue weighted by Gasteiger charge is 2.14. The van der Waals surface area contributed by atoms with Crippen LogP contribution in [-0.4, -0.2) is 34.1 Å². The number of hydrogen-bond donors (Lipinski definition) is 1. The molecular weight excluding hydrogens is 248 g/mol. The van der Waals surface area contributed by atoms with Gasteiger partial charge in [0.1, 0.15) is 5.82 Å². The van der Waals surface area contributed by atoms with Crippen molar-refractivity contribution in [2.24, 2.45) is 5.73 Å².